The van der Waals surface area contributed by atoms with Gasteiger partial charge in [-0.3, -0.25) is 14.6 Å². The first-order valence-corrected chi connectivity index (χ1v) is 10.5. The van der Waals surface area contributed by atoms with Crippen LogP contribution < -0.4 is 10.6 Å². The molecule has 0 saturated carbocycles. The van der Waals surface area contributed by atoms with Crippen LogP contribution in [0.2, 0.25) is 0 Å². The van der Waals surface area contributed by atoms with Crippen molar-refractivity contribution in [2.75, 3.05) is 10.6 Å². The number of benzene rings is 2. The van der Waals surface area contributed by atoms with E-state index in [2.05, 4.69) is 15.6 Å². The van der Waals surface area contributed by atoms with E-state index >= 15 is 0 Å². The first-order chi connectivity index (χ1) is 15.5. The molecule has 0 unspecified atom stereocenters. The van der Waals surface area contributed by atoms with Crippen molar-refractivity contribution >= 4 is 34.1 Å². The summed E-state index contributed by atoms with van der Waals surface area (Å²) in [5, 5.41) is 6.59. The summed E-state index contributed by atoms with van der Waals surface area (Å²) in [6, 6.07) is 20.2. The number of para-hydroxylation sites is 1. The molecule has 2 aromatic heterocycles. The number of rotatable bonds is 6. The minimum Gasteiger partial charge on any atom is -0.326 e. The third-order valence-electron chi connectivity index (χ3n) is 4.94. The number of carbonyl (C=O) groups excluding carboxylic acids is 2. The highest BCUT2D eigenvalue weighted by Crippen LogP contribution is 2.25. The Morgan fingerprint density at radius 1 is 0.906 bits per heavy atom. The standard InChI is InChI=1S/C26H24N4O2/c1-17(2)14-25(31)28-19-9-11-20(12-10-19)29-26(32)22-15-24(18-6-5-13-27-16-18)30-23-8-4-3-7-21(22)23/h3-13,15-17H,14H2,1-2H3,(H,28,31)(H,29,32). The summed E-state index contributed by atoms with van der Waals surface area (Å²) in [4.78, 5) is 34.0. The number of anilines is 2. The van der Waals surface area contributed by atoms with Crippen LogP contribution in [-0.4, -0.2) is 21.8 Å². The molecule has 0 aliphatic carbocycles. The van der Waals surface area contributed by atoms with Crippen molar-refractivity contribution in [3.63, 3.8) is 0 Å². The average molecular weight is 425 g/mol. The van der Waals surface area contributed by atoms with E-state index in [-0.39, 0.29) is 11.8 Å². The second-order valence-corrected chi connectivity index (χ2v) is 7.99. The van der Waals surface area contributed by atoms with Gasteiger partial charge in [0, 0.05) is 41.1 Å². The maximum absolute atomic E-state index is 13.2. The average Bonchev–Trinajstić information content (AvgIpc) is 2.79. The van der Waals surface area contributed by atoms with E-state index in [0.717, 1.165) is 16.5 Å². The molecule has 0 saturated heterocycles. The van der Waals surface area contributed by atoms with Crippen LogP contribution in [-0.2, 0) is 4.79 Å². The van der Waals surface area contributed by atoms with Gasteiger partial charge in [-0.25, -0.2) is 4.98 Å². The van der Waals surface area contributed by atoms with Crippen molar-refractivity contribution in [3.8, 4) is 11.3 Å². The Labute approximate surface area is 186 Å². The lowest BCUT2D eigenvalue weighted by Gasteiger charge is -2.11. The molecule has 0 radical (unpaired) electrons. The van der Waals surface area contributed by atoms with Gasteiger partial charge in [-0.05, 0) is 54.4 Å². The maximum Gasteiger partial charge on any atom is 0.256 e. The molecule has 0 atom stereocenters. The Balaban J connectivity index is 1.58. The molecule has 4 rings (SSSR count). The number of aromatic nitrogens is 2. The van der Waals surface area contributed by atoms with Gasteiger partial charge in [0.15, 0.2) is 0 Å². The highest BCUT2D eigenvalue weighted by molar-refractivity contribution is 6.13. The normalized spacial score (nSPS) is 10.8. The smallest absolute Gasteiger partial charge is 0.256 e. The van der Waals surface area contributed by atoms with Gasteiger partial charge in [0.2, 0.25) is 5.91 Å². The van der Waals surface area contributed by atoms with Crippen LogP contribution in [0.15, 0.2) is 79.1 Å². The first kappa shape index (κ1) is 21.2. The summed E-state index contributed by atoms with van der Waals surface area (Å²) in [5.74, 6) is 0.0358. The number of fused-ring (bicyclic) bond motifs is 1. The molecule has 4 aromatic rings. The molecule has 2 amide bonds. The molecule has 160 valence electrons. The fourth-order valence-electron chi connectivity index (χ4n) is 3.44. The van der Waals surface area contributed by atoms with Crippen LogP contribution in [0.1, 0.15) is 30.6 Å². The zero-order valence-corrected chi connectivity index (χ0v) is 18.0. The highest BCUT2D eigenvalue weighted by Gasteiger charge is 2.14. The monoisotopic (exact) mass is 424 g/mol. The van der Waals surface area contributed by atoms with Gasteiger partial charge in [0.1, 0.15) is 0 Å². The fourth-order valence-corrected chi connectivity index (χ4v) is 3.44. The van der Waals surface area contributed by atoms with Crippen LogP contribution in [0.5, 0.6) is 0 Å². The zero-order valence-electron chi connectivity index (χ0n) is 18.0. The quantitative estimate of drug-likeness (QED) is 0.426. The summed E-state index contributed by atoms with van der Waals surface area (Å²) >= 11 is 0. The Kier molecular flexibility index (Phi) is 6.22. The highest BCUT2D eigenvalue weighted by atomic mass is 16.2. The number of amides is 2. The maximum atomic E-state index is 13.2. The summed E-state index contributed by atoms with van der Waals surface area (Å²) < 4.78 is 0. The third-order valence-corrected chi connectivity index (χ3v) is 4.94. The van der Waals surface area contributed by atoms with Gasteiger partial charge >= 0.3 is 0 Å². The zero-order chi connectivity index (χ0) is 22.5. The summed E-state index contributed by atoms with van der Waals surface area (Å²) in [6.45, 7) is 4.00. The van der Waals surface area contributed by atoms with Gasteiger partial charge in [0.05, 0.1) is 16.8 Å². The lowest BCUT2D eigenvalue weighted by Crippen LogP contribution is -2.14. The Bertz CT molecular complexity index is 1250. The summed E-state index contributed by atoms with van der Waals surface area (Å²) in [5.41, 5.74) is 4.13. The Morgan fingerprint density at radius 2 is 1.62 bits per heavy atom. The number of nitrogens with zero attached hydrogens (tertiary/aromatic N) is 2. The Hall–Kier alpha value is -4.06. The molecule has 0 aliphatic heterocycles. The van der Waals surface area contributed by atoms with E-state index in [4.69, 9.17) is 4.98 Å². The van der Waals surface area contributed by atoms with Crippen molar-refractivity contribution < 1.29 is 9.59 Å². The largest absolute Gasteiger partial charge is 0.326 e. The molecule has 6 heteroatoms. The SMILES string of the molecule is CC(C)CC(=O)Nc1ccc(NC(=O)c2cc(-c3cccnc3)nc3ccccc23)cc1. The second-order valence-electron chi connectivity index (χ2n) is 7.99. The van der Waals surface area contributed by atoms with Crippen LogP contribution in [0.4, 0.5) is 11.4 Å². The lowest BCUT2D eigenvalue weighted by atomic mass is 10.0. The molecule has 2 heterocycles. The van der Waals surface area contributed by atoms with E-state index in [1.807, 2.05) is 50.2 Å². The van der Waals surface area contributed by atoms with Crippen molar-refractivity contribution in [2.24, 2.45) is 5.92 Å². The van der Waals surface area contributed by atoms with Gasteiger partial charge in [-0.15, -0.1) is 0 Å². The van der Waals surface area contributed by atoms with E-state index in [1.54, 1.807) is 42.7 Å². The van der Waals surface area contributed by atoms with E-state index in [0.29, 0.717) is 35.0 Å². The molecule has 0 spiro atoms. The summed E-state index contributed by atoms with van der Waals surface area (Å²) in [7, 11) is 0. The summed E-state index contributed by atoms with van der Waals surface area (Å²) in [6.07, 6.45) is 3.89. The van der Waals surface area contributed by atoms with E-state index in [9.17, 15) is 9.59 Å². The number of hydrogen-bond acceptors (Lipinski definition) is 4. The van der Waals surface area contributed by atoms with Crippen LogP contribution in [0.25, 0.3) is 22.2 Å². The van der Waals surface area contributed by atoms with E-state index in [1.165, 1.54) is 0 Å². The molecule has 0 fully saturated rings. The predicted octanol–water partition coefficient (Wildman–Crippen LogP) is 5.53. The van der Waals surface area contributed by atoms with Gasteiger partial charge in [0.25, 0.3) is 5.91 Å². The molecule has 6 nitrogen and oxygen atoms in total. The second kappa shape index (κ2) is 9.39. The minimum absolute atomic E-state index is 0.0250. The first-order valence-electron chi connectivity index (χ1n) is 10.5. The van der Waals surface area contributed by atoms with Gasteiger partial charge in [-0.1, -0.05) is 32.0 Å². The number of carbonyl (C=O) groups is 2. The van der Waals surface area contributed by atoms with Crippen LogP contribution >= 0.6 is 0 Å². The van der Waals surface area contributed by atoms with Gasteiger partial charge < -0.3 is 10.6 Å². The minimum atomic E-state index is -0.231. The molecular weight excluding hydrogens is 400 g/mol. The molecular formula is C26H24N4O2. The third kappa shape index (κ3) is 4.98. The van der Waals surface area contributed by atoms with Crippen LogP contribution in [0, 0.1) is 5.92 Å². The van der Waals surface area contributed by atoms with Crippen molar-refractivity contribution in [2.45, 2.75) is 20.3 Å². The molecule has 32 heavy (non-hydrogen) atoms. The topological polar surface area (TPSA) is 84.0 Å². The fraction of sp³-hybridized carbons (Fsp3) is 0.154. The molecule has 2 N–H and O–H groups in total. The lowest BCUT2D eigenvalue weighted by molar-refractivity contribution is -0.116. The number of hydrogen-bond donors (Lipinski definition) is 2. The molecule has 2 aromatic carbocycles. The number of pyridine rings is 2. The Morgan fingerprint density at radius 3 is 2.31 bits per heavy atom. The van der Waals surface area contributed by atoms with E-state index < -0.39 is 0 Å². The number of nitrogens with one attached hydrogen (secondary N) is 2. The molecule has 0 aliphatic rings. The van der Waals surface area contributed by atoms with Crippen molar-refractivity contribution in [1.29, 1.82) is 0 Å². The van der Waals surface area contributed by atoms with Gasteiger partial charge in [-0.2, -0.15) is 0 Å². The van der Waals surface area contributed by atoms with Crippen molar-refractivity contribution in [3.05, 3.63) is 84.7 Å². The molecule has 0 bridgehead atoms. The van der Waals surface area contributed by atoms with Crippen LogP contribution in [0.3, 0.4) is 0 Å². The van der Waals surface area contributed by atoms with Crippen molar-refractivity contribution in [1.82, 2.24) is 9.97 Å². The predicted molar refractivity (Wildman–Crippen MR) is 127 cm³/mol.